The van der Waals surface area contributed by atoms with Crippen molar-refractivity contribution < 1.29 is 14.7 Å². The van der Waals surface area contributed by atoms with E-state index >= 15 is 0 Å². The summed E-state index contributed by atoms with van der Waals surface area (Å²) in [6.45, 7) is 2.25. The van der Waals surface area contributed by atoms with Gasteiger partial charge in [-0.15, -0.1) is 0 Å². The molecular formula is C14H17NO3. The summed E-state index contributed by atoms with van der Waals surface area (Å²) in [6, 6.07) is 7.46. The Morgan fingerprint density at radius 2 is 1.94 bits per heavy atom. The zero-order chi connectivity index (χ0) is 13.1. The van der Waals surface area contributed by atoms with E-state index in [1.54, 1.807) is 12.1 Å². The van der Waals surface area contributed by atoms with Gasteiger partial charge < -0.3 is 10.4 Å². The van der Waals surface area contributed by atoms with Crippen molar-refractivity contribution in [1.29, 1.82) is 0 Å². The Labute approximate surface area is 106 Å². The minimum absolute atomic E-state index is 0.0431. The van der Waals surface area contributed by atoms with Crippen LogP contribution in [0.25, 0.3) is 0 Å². The molecule has 4 heteroatoms. The van der Waals surface area contributed by atoms with Crippen LogP contribution >= 0.6 is 0 Å². The van der Waals surface area contributed by atoms with Crippen LogP contribution in [0.1, 0.15) is 41.7 Å². The lowest BCUT2D eigenvalue weighted by Crippen LogP contribution is -2.34. The zero-order valence-corrected chi connectivity index (χ0v) is 10.3. The van der Waals surface area contributed by atoms with Crippen molar-refractivity contribution in [3.8, 4) is 0 Å². The molecule has 1 aromatic rings. The van der Waals surface area contributed by atoms with Crippen LogP contribution in [-0.4, -0.2) is 23.4 Å². The molecule has 1 aliphatic heterocycles. The maximum Gasteiger partial charge on any atom is 0.306 e. The molecule has 2 N–H and O–H groups in total. The van der Waals surface area contributed by atoms with Gasteiger partial charge in [0.15, 0.2) is 5.78 Å². The zero-order valence-electron chi connectivity index (χ0n) is 10.3. The van der Waals surface area contributed by atoms with E-state index in [0.29, 0.717) is 18.4 Å². The monoisotopic (exact) mass is 247 g/mol. The summed E-state index contributed by atoms with van der Waals surface area (Å²) in [5.41, 5.74) is 1.73. The maximum atomic E-state index is 11.2. The number of carbonyl (C=O) groups is 2. The molecule has 0 radical (unpaired) electrons. The molecule has 4 nitrogen and oxygen atoms in total. The normalized spacial score (nSPS) is 23.6. The topological polar surface area (TPSA) is 66.4 Å². The summed E-state index contributed by atoms with van der Waals surface area (Å²) < 4.78 is 0. The lowest BCUT2D eigenvalue weighted by molar-refractivity contribution is -0.143. The fourth-order valence-electron chi connectivity index (χ4n) is 2.35. The highest BCUT2D eigenvalue weighted by Gasteiger charge is 2.27. The van der Waals surface area contributed by atoms with Gasteiger partial charge in [-0.2, -0.15) is 0 Å². The molecule has 1 fully saturated rings. The lowest BCUT2D eigenvalue weighted by Gasteiger charge is -2.28. The molecule has 1 aromatic carbocycles. The third kappa shape index (κ3) is 2.76. The van der Waals surface area contributed by atoms with Crippen LogP contribution in [0.2, 0.25) is 0 Å². The predicted molar refractivity (Wildman–Crippen MR) is 67.6 cm³/mol. The van der Waals surface area contributed by atoms with Crippen LogP contribution < -0.4 is 5.32 Å². The van der Waals surface area contributed by atoms with Gasteiger partial charge in [-0.05, 0) is 31.9 Å². The van der Waals surface area contributed by atoms with Crippen molar-refractivity contribution in [2.75, 3.05) is 6.54 Å². The third-order valence-electron chi connectivity index (χ3n) is 3.47. The maximum absolute atomic E-state index is 11.2. The first kappa shape index (κ1) is 12.8. The van der Waals surface area contributed by atoms with Gasteiger partial charge >= 0.3 is 5.97 Å². The summed E-state index contributed by atoms with van der Waals surface area (Å²) in [4.78, 5) is 22.2. The van der Waals surface area contributed by atoms with E-state index in [9.17, 15) is 9.59 Å². The number of rotatable bonds is 3. The van der Waals surface area contributed by atoms with Crippen LogP contribution in [0.15, 0.2) is 24.3 Å². The first-order chi connectivity index (χ1) is 8.58. The molecule has 2 atom stereocenters. The molecule has 1 aliphatic rings. The second kappa shape index (κ2) is 5.31. The summed E-state index contributed by atoms with van der Waals surface area (Å²) in [7, 11) is 0. The van der Waals surface area contributed by atoms with Crippen molar-refractivity contribution in [2.45, 2.75) is 25.8 Å². The van der Waals surface area contributed by atoms with Gasteiger partial charge in [0.1, 0.15) is 0 Å². The standard InChI is InChI=1S/C14H17NO3/c1-9(16)10-2-4-11(5-3-10)13-8-12(14(17)18)6-7-15-13/h2-5,12-13,15H,6-8H2,1H3,(H,17,18). The number of ketones is 1. The summed E-state index contributed by atoms with van der Waals surface area (Å²) in [5.74, 6) is -0.952. The minimum atomic E-state index is -0.721. The molecule has 0 aliphatic carbocycles. The van der Waals surface area contributed by atoms with Gasteiger partial charge in [-0.1, -0.05) is 24.3 Å². The summed E-state index contributed by atoms with van der Waals surface area (Å²) in [6.07, 6.45) is 1.28. The Bertz CT molecular complexity index is 453. The van der Waals surface area contributed by atoms with Gasteiger partial charge in [0.2, 0.25) is 0 Å². The molecule has 0 aromatic heterocycles. The Morgan fingerprint density at radius 1 is 1.28 bits per heavy atom. The van der Waals surface area contributed by atoms with Crippen LogP contribution in [0.4, 0.5) is 0 Å². The third-order valence-corrected chi connectivity index (χ3v) is 3.47. The molecule has 0 bridgehead atoms. The van der Waals surface area contributed by atoms with E-state index in [-0.39, 0.29) is 17.7 Å². The largest absolute Gasteiger partial charge is 0.481 e. The molecule has 2 unspecified atom stereocenters. The fourth-order valence-corrected chi connectivity index (χ4v) is 2.35. The van der Waals surface area contributed by atoms with Crippen molar-refractivity contribution in [1.82, 2.24) is 5.32 Å². The first-order valence-electron chi connectivity index (χ1n) is 6.15. The molecule has 0 saturated carbocycles. The van der Waals surface area contributed by atoms with E-state index in [0.717, 1.165) is 12.1 Å². The molecule has 1 heterocycles. The van der Waals surface area contributed by atoms with E-state index in [1.807, 2.05) is 12.1 Å². The quantitative estimate of drug-likeness (QED) is 0.802. The number of hydrogen-bond acceptors (Lipinski definition) is 3. The van der Waals surface area contributed by atoms with E-state index in [4.69, 9.17) is 5.11 Å². The average molecular weight is 247 g/mol. The second-order valence-electron chi connectivity index (χ2n) is 4.74. The molecule has 96 valence electrons. The van der Waals surface area contributed by atoms with Crippen molar-refractivity contribution in [3.63, 3.8) is 0 Å². The number of piperidine rings is 1. The molecule has 0 amide bonds. The smallest absolute Gasteiger partial charge is 0.306 e. The summed E-state index contributed by atoms with van der Waals surface area (Å²) in [5, 5.41) is 12.4. The SMILES string of the molecule is CC(=O)c1ccc(C2CC(C(=O)O)CCN2)cc1. The first-order valence-corrected chi connectivity index (χ1v) is 6.15. The molecule has 0 spiro atoms. The van der Waals surface area contributed by atoms with Gasteiger partial charge in [0.05, 0.1) is 5.92 Å². The van der Waals surface area contributed by atoms with E-state index in [1.165, 1.54) is 6.92 Å². The van der Waals surface area contributed by atoms with Crippen LogP contribution in [0.3, 0.4) is 0 Å². The fraction of sp³-hybridized carbons (Fsp3) is 0.429. The molecule has 2 rings (SSSR count). The predicted octanol–water partition coefficient (Wildman–Crippen LogP) is 2.01. The number of hydrogen-bond donors (Lipinski definition) is 2. The van der Waals surface area contributed by atoms with Crippen LogP contribution in [0.5, 0.6) is 0 Å². The minimum Gasteiger partial charge on any atom is -0.481 e. The number of nitrogens with one attached hydrogen (secondary N) is 1. The highest BCUT2D eigenvalue weighted by Crippen LogP contribution is 2.27. The van der Waals surface area contributed by atoms with Crippen molar-refractivity contribution in [2.24, 2.45) is 5.92 Å². The Morgan fingerprint density at radius 3 is 2.50 bits per heavy atom. The Hall–Kier alpha value is -1.68. The number of carboxylic acids is 1. The number of benzene rings is 1. The molecule has 18 heavy (non-hydrogen) atoms. The Kier molecular flexibility index (Phi) is 3.77. The molecular weight excluding hydrogens is 230 g/mol. The highest BCUT2D eigenvalue weighted by molar-refractivity contribution is 5.94. The highest BCUT2D eigenvalue weighted by atomic mass is 16.4. The lowest BCUT2D eigenvalue weighted by atomic mass is 9.88. The Balaban J connectivity index is 2.11. The van der Waals surface area contributed by atoms with E-state index < -0.39 is 5.97 Å². The van der Waals surface area contributed by atoms with Gasteiger partial charge in [-0.3, -0.25) is 9.59 Å². The van der Waals surface area contributed by atoms with E-state index in [2.05, 4.69) is 5.32 Å². The van der Waals surface area contributed by atoms with Crippen LogP contribution in [0, 0.1) is 5.92 Å². The number of carboxylic acid groups (broad SMARTS) is 1. The summed E-state index contributed by atoms with van der Waals surface area (Å²) >= 11 is 0. The second-order valence-corrected chi connectivity index (χ2v) is 4.74. The van der Waals surface area contributed by atoms with Crippen molar-refractivity contribution in [3.05, 3.63) is 35.4 Å². The van der Waals surface area contributed by atoms with Gasteiger partial charge in [0, 0.05) is 11.6 Å². The van der Waals surface area contributed by atoms with Crippen molar-refractivity contribution >= 4 is 11.8 Å². The van der Waals surface area contributed by atoms with Gasteiger partial charge in [-0.25, -0.2) is 0 Å². The number of aliphatic carboxylic acids is 1. The number of Topliss-reactive ketones (excluding diaryl/α,β-unsaturated/α-hetero) is 1. The van der Waals surface area contributed by atoms with Crippen LogP contribution in [-0.2, 0) is 4.79 Å². The van der Waals surface area contributed by atoms with Gasteiger partial charge in [0.25, 0.3) is 0 Å². The molecule has 1 saturated heterocycles. The average Bonchev–Trinajstić information content (AvgIpc) is 2.39. The number of carbonyl (C=O) groups excluding carboxylic acids is 1.